The number of aryl methyl sites for hydroxylation is 1. The normalized spacial score (nSPS) is 28.5. The van der Waals surface area contributed by atoms with E-state index in [2.05, 4.69) is 34.4 Å². The van der Waals surface area contributed by atoms with E-state index in [9.17, 15) is 9.59 Å². The van der Waals surface area contributed by atoms with Crippen LogP contribution < -0.4 is 10.6 Å². The maximum Gasteiger partial charge on any atom is 0.234 e. The minimum atomic E-state index is -0.0995. The van der Waals surface area contributed by atoms with Crippen LogP contribution in [0.25, 0.3) is 0 Å². The molecule has 1 aliphatic carbocycles. The molecule has 154 valence electrons. The molecule has 2 fully saturated rings. The largest absolute Gasteiger partial charge is 0.352 e. The number of carbonyl (C=O) groups excluding carboxylic acids is 2. The van der Waals surface area contributed by atoms with Crippen LogP contribution in [-0.4, -0.2) is 47.4 Å². The van der Waals surface area contributed by atoms with Crippen LogP contribution >= 0.6 is 0 Å². The van der Waals surface area contributed by atoms with Crippen LogP contribution in [0.3, 0.4) is 0 Å². The van der Waals surface area contributed by atoms with Crippen LogP contribution in [0.2, 0.25) is 0 Å². The van der Waals surface area contributed by atoms with Crippen molar-refractivity contribution in [3.63, 3.8) is 0 Å². The number of aromatic nitrogens is 1. The summed E-state index contributed by atoms with van der Waals surface area (Å²) in [6.07, 6.45) is 5.31. The van der Waals surface area contributed by atoms with Crippen molar-refractivity contribution in [2.24, 2.45) is 17.8 Å². The lowest BCUT2D eigenvalue weighted by Crippen LogP contribution is -2.49. The number of pyridine rings is 1. The zero-order chi connectivity index (χ0) is 20.1. The number of likely N-dealkylation sites (tertiary alicyclic amines) is 1. The Morgan fingerprint density at radius 1 is 1.18 bits per heavy atom. The summed E-state index contributed by atoms with van der Waals surface area (Å²) in [5, 5.41) is 6.17. The summed E-state index contributed by atoms with van der Waals surface area (Å²) < 4.78 is 0. The van der Waals surface area contributed by atoms with Crippen LogP contribution in [0.15, 0.2) is 18.2 Å². The molecule has 1 saturated heterocycles. The highest BCUT2D eigenvalue weighted by Crippen LogP contribution is 2.29. The van der Waals surface area contributed by atoms with Gasteiger partial charge in [0.25, 0.3) is 0 Å². The molecule has 2 N–H and O–H groups in total. The molecule has 0 bridgehead atoms. The Kier molecular flexibility index (Phi) is 7.05. The van der Waals surface area contributed by atoms with Gasteiger partial charge in [-0.3, -0.25) is 14.5 Å². The van der Waals surface area contributed by atoms with Crippen LogP contribution in [-0.2, 0) is 9.59 Å². The van der Waals surface area contributed by atoms with Crippen molar-refractivity contribution < 1.29 is 9.59 Å². The van der Waals surface area contributed by atoms with Crippen molar-refractivity contribution in [3.8, 4) is 0 Å². The van der Waals surface area contributed by atoms with Crippen LogP contribution in [0, 0.1) is 24.7 Å². The zero-order valence-electron chi connectivity index (χ0n) is 17.4. The van der Waals surface area contributed by atoms with Gasteiger partial charge in [0.15, 0.2) is 0 Å². The van der Waals surface area contributed by atoms with E-state index in [-0.39, 0.29) is 23.8 Å². The lowest BCUT2D eigenvalue weighted by Gasteiger charge is -2.36. The summed E-state index contributed by atoms with van der Waals surface area (Å²) in [5.41, 5.74) is 0.881. The molecule has 28 heavy (non-hydrogen) atoms. The van der Waals surface area contributed by atoms with Gasteiger partial charge in [0.1, 0.15) is 5.82 Å². The molecule has 2 amide bonds. The van der Waals surface area contributed by atoms with Crippen molar-refractivity contribution in [1.82, 2.24) is 15.2 Å². The van der Waals surface area contributed by atoms with Crippen molar-refractivity contribution in [2.45, 2.75) is 58.9 Å². The minimum Gasteiger partial charge on any atom is -0.352 e. The number of amides is 2. The predicted octanol–water partition coefficient (Wildman–Crippen LogP) is 2.98. The average molecular weight is 387 g/mol. The molecular formula is C22H34N4O2. The monoisotopic (exact) mass is 386 g/mol. The quantitative estimate of drug-likeness (QED) is 0.816. The zero-order valence-corrected chi connectivity index (χ0v) is 17.4. The third-order valence-corrected chi connectivity index (χ3v) is 6.44. The first kappa shape index (κ1) is 20.8. The molecule has 1 saturated carbocycles. The summed E-state index contributed by atoms with van der Waals surface area (Å²) in [5.74, 6) is 1.78. The molecule has 2 aliphatic rings. The minimum absolute atomic E-state index is 0.00191. The highest BCUT2D eigenvalue weighted by Gasteiger charge is 2.30. The van der Waals surface area contributed by atoms with E-state index >= 15 is 0 Å². The van der Waals surface area contributed by atoms with Crippen LogP contribution in [0.4, 0.5) is 5.82 Å². The Balaban J connectivity index is 1.49. The average Bonchev–Trinajstić information content (AvgIpc) is 2.65. The number of carbonyl (C=O) groups is 2. The van der Waals surface area contributed by atoms with Crippen molar-refractivity contribution in [2.75, 3.05) is 25.0 Å². The van der Waals surface area contributed by atoms with Gasteiger partial charge in [0, 0.05) is 18.3 Å². The third-order valence-electron chi connectivity index (χ3n) is 6.44. The Bertz CT molecular complexity index is 693. The first-order valence-corrected chi connectivity index (χ1v) is 10.7. The predicted molar refractivity (Wildman–Crippen MR) is 111 cm³/mol. The molecular weight excluding hydrogens is 352 g/mol. The number of anilines is 1. The molecule has 1 aliphatic heterocycles. The lowest BCUT2D eigenvalue weighted by atomic mass is 9.78. The fourth-order valence-corrected chi connectivity index (χ4v) is 4.50. The molecule has 3 rings (SSSR count). The van der Waals surface area contributed by atoms with Crippen molar-refractivity contribution in [1.29, 1.82) is 0 Å². The highest BCUT2D eigenvalue weighted by atomic mass is 16.2. The van der Waals surface area contributed by atoms with E-state index in [0.29, 0.717) is 30.7 Å². The van der Waals surface area contributed by atoms with E-state index in [4.69, 9.17) is 0 Å². The van der Waals surface area contributed by atoms with Gasteiger partial charge in [-0.05, 0) is 56.7 Å². The van der Waals surface area contributed by atoms with E-state index in [1.54, 1.807) is 0 Å². The lowest BCUT2D eigenvalue weighted by molar-refractivity contribution is -0.126. The highest BCUT2D eigenvalue weighted by molar-refractivity contribution is 5.92. The number of rotatable bonds is 5. The van der Waals surface area contributed by atoms with Gasteiger partial charge in [-0.1, -0.05) is 32.8 Å². The molecule has 1 aromatic rings. The Labute approximate surface area is 168 Å². The van der Waals surface area contributed by atoms with Crippen LogP contribution in [0.5, 0.6) is 0 Å². The second-order valence-electron chi connectivity index (χ2n) is 8.67. The fraction of sp³-hybridized carbons (Fsp3) is 0.682. The molecule has 1 aromatic heterocycles. The maximum absolute atomic E-state index is 12.6. The number of hydrogen-bond acceptors (Lipinski definition) is 4. The third kappa shape index (κ3) is 5.53. The topological polar surface area (TPSA) is 74.3 Å². The molecule has 6 heteroatoms. The standard InChI is InChI=1S/C22H34N4O2/c1-15-7-4-10-19(17(15)3)24-21(27)14-26-12-6-9-18(13-26)22(28)25-20-11-5-8-16(2)23-20/h5,8,11,15,17-19H,4,6-7,9-10,12-14H2,1-3H3,(H,24,27)(H,23,25,28). The molecule has 6 nitrogen and oxygen atoms in total. The number of hydrogen-bond donors (Lipinski definition) is 2. The van der Waals surface area contributed by atoms with Gasteiger partial charge in [0.05, 0.1) is 12.5 Å². The fourth-order valence-electron chi connectivity index (χ4n) is 4.50. The molecule has 0 spiro atoms. The summed E-state index contributed by atoms with van der Waals surface area (Å²) in [6, 6.07) is 5.89. The second-order valence-corrected chi connectivity index (χ2v) is 8.67. The van der Waals surface area contributed by atoms with Gasteiger partial charge in [-0.2, -0.15) is 0 Å². The second kappa shape index (κ2) is 9.50. The van der Waals surface area contributed by atoms with Crippen molar-refractivity contribution >= 4 is 17.6 Å². The van der Waals surface area contributed by atoms with Gasteiger partial charge in [-0.15, -0.1) is 0 Å². The Morgan fingerprint density at radius 2 is 2.00 bits per heavy atom. The van der Waals surface area contributed by atoms with E-state index in [1.165, 1.54) is 12.8 Å². The Morgan fingerprint density at radius 3 is 2.79 bits per heavy atom. The summed E-state index contributed by atoms with van der Waals surface area (Å²) in [4.78, 5) is 31.7. The maximum atomic E-state index is 12.6. The SMILES string of the molecule is Cc1cccc(NC(=O)C2CCCN(CC(=O)NC3CCCC(C)C3C)C2)n1. The number of nitrogens with zero attached hydrogens (tertiary/aromatic N) is 2. The Hall–Kier alpha value is -1.95. The number of nitrogens with one attached hydrogen (secondary N) is 2. The van der Waals surface area contributed by atoms with Gasteiger partial charge < -0.3 is 10.6 Å². The van der Waals surface area contributed by atoms with Crippen molar-refractivity contribution in [3.05, 3.63) is 23.9 Å². The molecule has 2 heterocycles. The molecule has 4 atom stereocenters. The van der Waals surface area contributed by atoms with E-state index in [0.717, 1.165) is 31.5 Å². The van der Waals surface area contributed by atoms with Crippen LogP contribution in [0.1, 0.15) is 51.6 Å². The van der Waals surface area contributed by atoms with Gasteiger partial charge >= 0.3 is 0 Å². The molecule has 0 aromatic carbocycles. The van der Waals surface area contributed by atoms with E-state index < -0.39 is 0 Å². The molecule has 4 unspecified atom stereocenters. The summed E-state index contributed by atoms with van der Waals surface area (Å²) in [7, 11) is 0. The van der Waals surface area contributed by atoms with Gasteiger partial charge in [0.2, 0.25) is 11.8 Å². The van der Waals surface area contributed by atoms with E-state index in [1.807, 2.05) is 25.1 Å². The smallest absolute Gasteiger partial charge is 0.234 e. The summed E-state index contributed by atoms with van der Waals surface area (Å²) >= 11 is 0. The first-order valence-electron chi connectivity index (χ1n) is 10.7. The first-order chi connectivity index (χ1) is 13.4. The summed E-state index contributed by atoms with van der Waals surface area (Å²) in [6.45, 7) is 8.31. The van der Waals surface area contributed by atoms with Gasteiger partial charge in [-0.25, -0.2) is 4.98 Å². The molecule has 0 radical (unpaired) electrons. The number of piperidine rings is 1.